The molecule has 0 radical (unpaired) electrons. The fourth-order valence-corrected chi connectivity index (χ4v) is 2.73. The van der Waals surface area contributed by atoms with Crippen LogP contribution >= 0.6 is 11.6 Å². The van der Waals surface area contributed by atoms with E-state index in [4.69, 9.17) is 21.1 Å². The lowest BCUT2D eigenvalue weighted by atomic mass is 10.3. The molecule has 1 aliphatic heterocycles. The molecule has 138 valence electrons. The SMILES string of the molecule is CN(C)c1ccc(OC2CCN(C(=O)COc3ccc(Cl)cc3)C2)nn1. The van der Waals surface area contributed by atoms with Crippen LogP contribution in [0.4, 0.5) is 5.82 Å². The summed E-state index contributed by atoms with van der Waals surface area (Å²) in [5, 5.41) is 8.78. The molecule has 1 aromatic heterocycles. The van der Waals surface area contributed by atoms with E-state index in [1.54, 1.807) is 35.2 Å². The first-order valence-corrected chi connectivity index (χ1v) is 8.73. The number of halogens is 1. The van der Waals surface area contributed by atoms with Gasteiger partial charge in [-0.2, -0.15) is 0 Å². The zero-order valence-corrected chi connectivity index (χ0v) is 15.5. The molecule has 2 heterocycles. The summed E-state index contributed by atoms with van der Waals surface area (Å²) < 4.78 is 11.3. The molecule has 1 unspecified atom stereocenters. The molecule has 0 spiro atoms. The molecule has 2 aromatic rings. The van der Waals surface area contributed by atoms with Crippen LogP contribution in [0.5, 0.6) is 11.6 Å². The van der Waals surface area contributed by atoms with Gasteiger partial charge in [0.1, 0.15) is 11.9 Å². The topological polar surface area (TPSA) is 67.8 Å². The molecule has 1 aromatic carbocycles. The Morgan fingerprint density at radius 1 is 1.23 bits per heavy atom. The van der Waals surface area contributed by atoms with Crippen molar-refractivity contribution in [1.29, 1.82) is 0 Å². The third kappa shape index (κ3) is 4.76. The number of amides is 1. The van der Waals surface area contributed by atoms with E-state index in [9.17, 15) is 4.79 Å². The molecule has 1 atom stereocenters. The van der Waals surface area contributed by atoms with E-state index in [1.165, 1.54) is 0 Å². The Labute approximate surface area is 157 Å². The van der Waals surface area contributed by atoms with Gasteiger partial charge in [-0.05, 0) is 30.3 Å². The number of carbonyl (C=O) groups is 1. The summed E-state index contributed by atoms with van der Waals surface area (Å²) in [6, 6.07) is 10.6. The van der Waals surface area contributed by atoms with Crippen LogP contribution < -0.4 is 14.4 Å². The standard InChI is InChI=1S/C18H21ClN4O3/c1-22(2)16-7-8-17(21-20-16)26-15-9-10-23(11-15)18(24)12-25-14-5-3-13(19)4-6-14/h3-8,15H,9-12H2,1-2H3. The third-order valence-electron chi connectivity index (χ3n) is 4.05. The summed E-state index contributed by atoms with van der Waals surface area (Å²) in [5.41, 5.74) is 0. The zero-order chi connectivity index (χ0) is 18.5. The number of hydrogen-bond donors (Lipinski definition) is 0. The first-order chi connectivity index (χ1) is 12.5. The second-order valence-corrected chi connectivity index (χ2v) is 6.67. The molecule has 1 saturated heterocycles. The minimum atomic E-state index is -0.0889. The Morgan fingerprint density at radius 3 is 2.65 bits per heavy atom. The molecule has 1 aliphatic rings. The molecule has 8 heteroatoms. The maximum atomic E-state index is 12.3. The summed E-state index contributed by atoms with van der Waals surface area (Å²) >= 11 is 5.83. The number of rotatable bonds is 6. The molecule has 26 heavy (non-hydrogen) atoms. The van der Waals surface area contributed by atoms with Crippen LogP contribution in [0.25, 0.3) is 0 Å². The Kier molecular flexibility index (Phi) is 5.78. The predicted octanol–water partition coefficient (Wildman–Crippen LogP) is 2.25. The Bertz CT molecular complexity index is 737. The van der Waals surface area contributed by atoms with E-state index in [2.05, 4.69) is 10.2 Å². The molecule has 7 nitrogen and oxygen atoms in total. The van der Waals surface area contributed by atoms with E-state index >= 15 is 0 Å². The van der Waals surface area contributed by atoms with Gasteiger partial charge in [0.2, 0.25) is 5.88 Å². The van der Waals surface area contributed by atoms with Crippen LogP contribution in [-0.2, 0) is 4.79 Å². The normalized spacial score (nSPS) is 16.4. The Morgan fingerprint density at radius 2 is 2.00 bits per heavy atom. The maximum absolute atomic E-state index is 12.3. The van der Waals surface area contributed by atoms with Gasteiger partial charge in [-0.25, -0.2) is 0 Å². The van der Waals surface area contributed by atoms with E-state index in [1.807, 2.05) is 25.1 Å². The summed E-state index contributed by atoms with van der Waals surface area (Å²) in [6.07, 6.45) is 0.665. The number of carbonyl (C=O) groups excluding carboxylic acids is 1. The minimum Gasteiger partial charge on any atom is -0.484 e. The average Bonchev–Trinajstić information content (AvgIpc) is 3.10. The molecule has 0 aliphatic carbocycles. The van der Waals surface area contributed by atoms with Crippen molar-refractivity contribution >= 4 is 23.3 Å². The van der Waals surface area contributed by atoms with Crippen LogP contribution in [0.3, 0.4) is 0 Å². The van der Waals surface area contributed by atoms with Crippen molar-refractivity contribution in [1.82, 2.24) is 15.1 Å². The van der Waals surface area contributed by atoms with Crippen molar-refractivity contribution in [3.8, 4) is 11.6 Å². The smallest absolute Gasteiger partial charge is 0.260 e. The second kappa shape index (κ2) is 8.23. The Balaban J connectivity index is 1.46. The number of anilines is 1. The van der Waals surface area contributed by atoms with Crippen molar-refractivity contribution in [2.45, 2.75) is 12.5 Å². The van der Waals surface area contributed by atoms with Crippen molar-refractivity contribution < 1.29 is 14.3 Å². The van der Waals surface area contributed by atoms with Gasteiger partial charge in [0.05, 0.1) is 6.54 Å². The molecule has 1 fully saturated rings. The number of ether oxygens (including phenoxy) is 2. The number of aromatic nitrogens is 2. The summed E-state index contributed by atoms with van der Waals surface area (Å²) in [7, 11) is 3.80. The van der Waals surface area contributed by atoms with Crippen molar-refractivity contribution in [2.24, 2.45) is 0 Å². The monoisotopic (exact) mass is 376 g/mol. The van der Waals surface area contributed by atoms with Crippen LogP contribution in [0.1, 0.15) is 6.42 Å². The summed E-state index contributed by atoms with van der Waals surface area (Å²) in [4.78, 5) is 15.9. The highest BCUT2D eigenvalue weighted by Crippen LogP contribution is 2.19. The molecule has 0 N–H and O–H groups in total. The van der Waals surface area contributed by atoms with E-state index < -0.39 is 0 Å². The van der Waals surface area contributed by atoms with Gasteiger partial charge >= 0.3 is 0 Å². The molecule has 1 amide bonds. The molecule has 0 saturated carbocycles. The van der Waals surface area contributed by atoms with Gasteiger partial charge in [-0.3, -0.25) is 4.79 Å². The minimum absolute atomic E-state index is 0.00824. The van der Waals surface area contributed by atoms with Gasteiger partial charge in [0.15, 0.2) is 12.4 Å². The van der Waals surface area contributed by atoms with E-state index in [0.29, 0.717) is 29.7 Å². The summed E-state index contributed by atoms with van der Waals surface area (Å²) in [6.45, 7) is 1.14. The largest absolute Gasteiger partial charge is 0.484 e. The second-order valence-electron chi connectivity index (χ2n) is 6.24. The van der Waals surface area contributed by atoms with Gasteiger partial charge in [-0.15, -0.1) is 10.2 Å². The Hall–Kier alpha value is -2.54. The maximum Gasteiger partial charge on any atom is 0.260 e. The van der Waals surface area contributed by atoms with Crippen molar-refractivity contribution in [3.05, 3.63) is 41.4 Å². The average molecular weight is 377 g/mol. The zero-order valence-electron chi connectivity index (χ0n) is 14.8. The van der Waals surface area contributed by atoms with Crippen LogP contribution in [-0.4, -0.2) is 60.9 Å². The van der Waals surface area contributed by atoms with Gasteiger partial charge < -0.3 is 19.3 Å². The molecular weight excluding hydrogens is 356 g/mol. The van der Waals surface area contributed by atoms with Crippen LogP contribution in [0.2, 0.25) is 5.02 Å². The lowest BCUT2D eigenvalue weighted by molar-refractivity contribution is -0.132. The highest BCUT2D eigenvalue weighted by atomic mass is 35.5. The quantitative estimate of drug-likeness (QED) is 0.770. The first kappa shape index (κ1) is 18.3. The van der Waals surface area contributed by atoms with Gasteiger partial charge in [0.25, 0.3) is 5.91 Å². The third-order valence-corrected chi connectivity index (χ3v) is 4.30. The number of benzene rings is 1. The van der Waals surface area contributed by atoms with Crippen LogP contribution in [0.15, 0.2) is 36.4 Å². The predicted molar refractivity (Wildman–Crippen MR) is 98.9 cm³/mol. The summed E-state index contributed by atoms with van der Waals surface area (Å²) in [5.74, 6) is 1.78. The molecule has 3 rings (SSSR count). The van der Waals surface area contributed by atoms with E-state index in [0.717, 1.165) is 12.2 Å². The van der Waals surface area contributed by atoms with Gasteiger partial charge in [0, 0.05) is 38.1 Å². The van der Waals surface area contributed by atoms with Crippen molar-refractivity contribution in [2.75, 3.05) is 38.7 Å². The first-order valence-electron chi connectivity index (χ1n) is 8.35. The number of nitrogens with zero attached hydrogens (tertiary/aromatic N) is 4. The fraction of sp³-hybridized carbons (Fsp3) is 0.389. The number of likely N-dealkylation sites (tertiary alicyclic amines) is 1. The van der Waals surface area contributed by atoms with E-state index in [-0.39, 0.29) is 18.6 Å². The fourth-order valence-electron chi connectivity index (χ4n) is 2.60. The number of hydrogen-bond acceptors (Lipinski definition) is 6. The van der Waals surface area contributed by atoms with Crippen molar-refractivity contribution in [3.63, 3.8) is 0 Å². The van der Waals surface area contributed by atoms with Crippen LogP contribution in [0, 0.1) is 0 Å². The van der Waals surface area contributed by atoms with Gasteiger partial charge in [-0.1, -0.05) is 11.6 Å². The molecular formula is C18H21ClN4O3. The highest BCUT2D eigenvalue weighted by Gasteiger charge is 2.28. The highest BCUT2D eigenvalue weighted by molar-refractivity contribution is 6.30. The molecule has 0 bridgehead atoms. The lowest BCUT2D eigenvalue weighted by Crippen LogP contribution is -2.34. The lowest BCUT2D eigenvalue weighted by Gasteiger charge is -2.17.